The van der Waals surface area contributed by atoms with Crippen LogP contribution in [-0.4, -0.2) is 11.8 Å². The zero-order valence-corrected chi connectivity index (χ0v) is 14.6. The van der Waals surface area contributed by atoms with E-state index >= 15 is 0 Å². The van der Waals surface area contributed by atoms with Crippen molar-refractivity contribution in [3.8, 4) is 0 Å². The summed E-state index contributed by atoms with van der Waals surface area (Å²) in [6, 6.07) is 7.72. The number of allylic oxidation sites excluding steroid dienone is 4. The standard InChI is InChI=1S/C22H23NO2/c1-13-6-5-9-15(12-13)23-21(24)19-16-10-11-17(20(19)22(23)25)18(16)14-7-3-2-4-8-14/h5-6,9-12,16-17,19-20H,2-4,7-8H2,1H3/t16-,17-,19-,20+/m1/s1. The number of nitrogens with zero attached hydrogens (tertiary/aromatic N) is 1. The second-order valence-electron chi connectivity index (χ2n) is 7.96. The van der Waals surface area contributed by atoms with Crippen molar-refractivity contribution < 1.29 is 9.59 Å². The first-order chi connectivity index (χ1) is 12.2. The Morgan fingerprint density at radius 1 is 0.920 bits per heavy atom. The number of carbonyl (C=O) groups is 2. The molecule has 128 valence electrons. The Labute approximate surface area is 148 Å². The summed E-state index contributed by atoms with van der Waals surface area (Å²) in [6.45, 7) is 1.99. The van der Waals surface area contributed by atoms with Crippen LogP contribution < -0.4 is 4.90 Å². The van der Waals surface area contributed by atoms with Gasteiger partial charge in [-0.2, -0.15) is 0 Å². The molecule has 1 heterocycles. The summed E-state index contributed by atoms with van der Waals surface area (Å²) in [6.07, 6.45) is 10.5. The predicted molar refractivity (Wildman–Crippen MR) is 96.9 cm³/mol. The van der Waals surface area contributed by atoms with Crippen molar-refractivity contribution in [2.75, 3.05) is 4.90 Å². The third-order valence-electron chi connectivity index (χ3n) is 6.54. The van der Waals surface area contributed by atoms with Gasteiger partial charge in [-0.05, 0) is 50.3 Å². The first-order valence-electron chi connectivity index (χ1n) is 9.51. The summed E-state index contributed by atoms with van der Waals surface area (Å²) < 4.78 is 0. The molecule has 25 heavy (non-hydrogen) atoms. The van der Waals surface area contributed by atoms with E-state index in [0.29, 0.717) is 0 Å². The molecule has 1 aromatic rings. The molecule has 0 spiro atoms. The smallest absolute Gasteiger partial charge is 0.238 e. The lowest BCUT2D eigenvalue weighted by Crippen LogP contribution is -2.33. The zero-order valence-electron chi connectivity index (χ0n) is 14.6. The molecular weight excluding hydrogens is 310 g/mol. The van der Waals surface area contributed by atoms with Crippen molar-refractivity contribution in [3.05, 3.63) is 53.1 Å². The molecule has 3 nitrogen and oxygen atoms in total. The Kier molecular flexibility index (Phi) is 3.28. The molecule has 2 bridgehead atoms. The van der Waals surface area contributed by atoms with Gasteiger partial charge in [0.1, 0.15) is 0 Å². The number of hydrogen-bond donors (Lipinski definition) is 0. The van der Waals surface area contributed by atoms with E-state index in [1.54, 1.807) is 5.57 Å². The number of carbonyl (C=O) groups excluding carboxylic acids is 2. The van der Waals surface area contributed by atoms with E-state index in [9.17, 15) is 9.59 Å². The summed E-state index contributed by atoms with van der Waals surface area (Å²) in [4.78, 5) is 27.8. The summed E-state index contributed by atoms with van der Waals surface area (Å²) in [7, 11) is 0. The summed E-state index contributed by atoms with van der Waals surface area (Å²) in [5, 5.41) is 0. The van der Waals surface area contributed by atoms with Gasteiger partial charge in [0.15, 0.2) is 0 Å². The number of rotatable bonds is 1. The highest BCUT2D eigenvalue weighted by Crippen LogP contribution is 2.58. The molecule has 5 rings (SSSR count). The second kappa shape index (κ2) is 5.42. The van der Waals surface area contributed by atoms with Gasteiger partial charge in [0.05, 0.1) is 17.5 Å². The van der Waals surface area contributed by atoms with Crippen LogP contribution in [0.15, 0.2) is 47.6 Å². The Morgan fingerprint density at radius 2 is 1.56 bits per heavy atom. The monoisotopic (exact) mass is 333 g/mol. The van der Waals surface area contributed by atoms with Gasteiger partial charge in [-0.15, -0.1) is 0 Å². The van der Waals surface area contributed by atoms with Gasteiger partial charge < -0.3 is 0 Å². The van der Waals surface area contributed by atoms with E-state index in [2.05, 4.69) is 12.2 Å². The largest absolute Gasteiger partial charge is 0.274 e. The first-order valence-corrected chi connectivity index (χ1v) is 9.51. The number of fused-ring (bicyclic) bond motifs is 5. The fourth-order valence-corrected chi connectivity index (χ4v) is 5.52. The van der Waals surface area contributed by atoms with Gasteiger partial charge in [-0.3, -0.25) is 9.59 Å². The fraction of sp³-hybridized carbons (Fsp3) is 0.455. The normalized spacial score (nSPS) is 33.6. The molecule has 0 N–H and O–H groups in total. The Morgan fingerprint density at radius 3 is 2.16 bits per heavy atom. The number of anilines is 1. The maximum Gasteiger partial charge on any atom is 0.238 e. The van der Waals surface area contributed by atoms with Gasteiger partial charge in [0.25, 0.3) is 0 Å². The van der Waals surface area contributed by atoms with Crippen LogP contribution in [0.5, 0.6) is 0 Å². The molecule has 1 saturated heterocycles. The topological polar surface area (TPSA) is 37.4 Å². The molecule has 1 aromatic carbocycles. The molecule has 0 radical (unpaired) electrons. The quantitative estimate of drug-likeness (QED) is 0.571. The molecular formula is C22H23NO2. The summed E-state index contributed by atoms with van der Waals surface area (Å²) in [5.74, 6) is -0.0127. The van der Waals surface area contributed by atoms with Gasteiger partial charge in [0, 0.05) is 11.8 Å². The number of hydrogen-bond acceptors (Lipinski definition) is 2. The molecule has 4 atom stereocenters. The van der Waals surface area contributed by atoms with Crippen molar-refractivity contribution in [2.45, 2.75) is 39.0 Å². The number of aryl methyl sites for hydroxylation is 1. The molecule has 3 fully saturated rings. The van der Waals surface area contributed by atoms with E-state index in [0.717, 1.165) is 24.1 Å². The minimum atomic E-state index is -0.174. The van der Waals surface area contributed by atoms with Crippen molar-refractivity contribution in [2.24, 2.45) is 23.7 Å². The highest BCUT2D eigenvalue weighted by atomic mass is 16.2. The maximum atomic E-state index is 13.2. The van der Waals surface area contributed by atoms with Gasteiger partial charge in [0.2, 0.25) is 11.8 Å². The SMILES string of the molecule is Cc1cccc(N2C(=O)[C@@H]3[C@H](C2=O)[C@@H]2C=C[C@@H]3C2=C2CCCCC2)c1. The lowest BCUT2D eigenvalue weighted by molar-refractivity contribution is -0.122. The fourth-order valence-electron chi connectivity index (χ4n) is 5.52. The van der Waals surface area contributed by atoms with Crippen molar-refractivity contribution in [1.29, 1.82) is 0 Å². The third-order valence-corrected chi connectivity index (χ3v) is 6.54. The lowest BCUT2D eigenvalue weighted by atomic mass is 9.85. The predicted octanol–water partition coefficient (Wildman–Crippen LogP) is 4.18. The molecule has 2 saturated carbocycles. The maximum absolute atomic E-state index is 13.2. The van der Waals surface area contributed by atoms with Crippen LogP contribution in [0.25, 0.3) is 0 Å². The van der Waals surface area contributed by atoms with Crippen LogP contribution in [0.3, 0.4) is 0 Å². The van der Waals surface area contributed by atoms with Gasteiger partial charge in [-0.25, -0.2) is 4.90 Å². The zero-order chi connectivity index (χ0) is 17.1. The van der Waals surface area contributed by atoms with E-state index in [1.807, 2.05) is 31.2 Å². The van der Waals surface area contributed by atoms with E-state index in [-0.39, 0.29) is 35.5 Å². The average molecular weight is 333 g/mol. The highest BCUT2D eigenvalue weighted by Gasteiger charge is 2.62. The molecule has 1 aliphatic heterocycles. The van der Waals surface area contributed by atoms with Crippen LogP contribution in [0.2, 0.25) is 0 Å². The molecule has 0 aromatic heterocycles. The van der Waals surface area contributed by atoms with Crippen molar-refractivity contribution in [1.82, 2.24) is 0 Å². The number of amides is 2. The Hall–Kier alpha value is -2.16. The summed E-state index contributed by atoms with van der Waals surface area (Å²) in [5.41, 5.74) is 4.78. The molecule has 2 amide bonds. The minimum Gasteiger partial charge on any atom is -0.274 e. The van der Waals surface area contributed by atoms with Crippen molar-refractivity contribution >= 4 is 17.5 Å². The number of imide groups is 1. The van der Waals surface area contributed by atoms with Gasteiger partial charge in [-0.1, -0.05) is 41.9 Å². The van der Waals surface area contributed by atoms with Crippen LogP contribution in [0.4, 0.5) is 5.69 Å². The summed E-state index contributed by atoms with van der Waals surface area (Å²) >= 11 is 0. The van der Waals surface area contributed by atoms with Gasteiger partial charge >= 0.3 is 0 Å². The first kappa shape index (κ1) is 15.1. The number of benzene rings is 1. The molecule has 3 heteroatoms. The van der Waals surface area contributed by atoms with Crippen LogP contribution in [0, 0.1) is 30.6 Å². The second-order valence-corrected chi connectivity index (χ2v) is 7.96. The van der Waals surface area contributed by atoms with Crippen LogP contribution in [-0.2, 0) is 9.59 Å². The van der Waals surface area contributed by atoms with Crippen LogP contribution in [0.1, 0.15) is 37.7 Å². The Balaban J connectivity index is 1.54. The van der Waals surface area contributed by atoms with Crippen molar-refractivity contribution in [3.63, 3.8) is 0 Å². The van der Waals surface area contributed by atoms with Crippen LogP contribution >= 0.6 is 0 Å². The molecule has 4 aliphatic rings. The van der Waals surface area contributed by atoms with E-state index in [4.69, 9.17) is 0 Å². The van der Waals surface area contributed by atoms with E-state index < -0.39 is 0 Å². The van der Waals surface area contributed by atoms with E-state index in [1.165, 1.54) is 29.7 Å². The Bertz CT molecular complexity index is 792. The third kappa shape index (κ3) is 2.04. The molecule has 3 aliphatic carbocycles. The molecule has 0 unspecified atom stereocenters. The minimum absolute atomic E-state index is 0.00589. The average Bonchev–Trinajstić information content (AvgIpc) is 3.25. The highest BCUT2D eigenvalue weighted by molar-refractivity contribution is 6.23. The lowest BCUT2D eigenvalue weighted by Gasteiger charge is -2.23.